The molecule has 0 radical (unpaired) electrons. The Morgan fingerprint density at radius 3 is 2.58 bits per heavy atom. The zero-order chi connectivity index (χ0) is 14.3. The Balaban J connectivity index is 2.69. The largest absolute Gasteiger partial charge is 0.396 e. The second-order valence-corrected chi connectivity index (χ2v) is 4.77. The molecule has 6 heteroatoms. The number of piperidine rings is 1. The van der Waals surface area contributed by atoms with Crippen molar-refractivity contribution >= 4 is 11.8 Å². The fourth-order valence-electron chi connectivity index (χ4n) is 2.50. The lowest BCUT2D eigenvalue weighted by Gasteiger charge is -2.36. The maximum atomic E-state index is 12.2. The highest BCUT2D eigenvalue weighted by atomic mass is 16.3. The minimum atomic E-state index is -0.554. The van der Waals surface area contributed by atoms with Crippen LogP contribution in [0.5, 0.6) is 0 Å². The van der Waals surface area contributed by atoms with Crippen LogP contribution in [0.2, 0.25) is 0 Å². The van der Waals surface area contributed by atoms with Gasteiger partial charge < -0.3 is 20.0 Å². The first-order chi connectivity index (χ1) is 9.15. The van der Waals surface area contributed by atoms with Crippen LogP contribution in [0, 0.1) is 0 Å². The van der Waals surface area contributed by atoms with Gasteiger partial charge in [0.2, 0.25) is 0 Å². The molecule has 0 spiro atoms. The van der Waals surface area contributed by atoms with E-state index >= 15 is 0 Å². The monoisotopic (exact) mass is 272 g/mol. The molecule has 1 aliphatic rings. The summed E-state index contributed by atoms with van der Waals surface area (Å²) < 4.78 is 0. The van der Waals surface area contributed by atoms with Gasteiger partial charge in [-0.15, -0.1) is 0 Å². The van der Waals surface area contributed by atoms with E-state index in [0.29, 0.717) is 19.5 Å². The molecule has 1 unspecified atom stereocenters. The molecule has 0 aromatic rings. The molecule has 1 aliphatic heterocycles. The summed E-state index contributed by atoms with van der Waals surface area (Å²) in [6.45, 7) is 2.82. The Hall–Kier alpha value is -1.14. The van der Waals surface area contributed by atoms with Crippen LogP contribution in [0.15, 0.2) is 0 Å². The van der Waals surface area contributed by atoms with E-state index in [1.54, 1.807) is 11.8 Å². The third kappa shape index (κ3) is 4.18. The van der Waals surface area contributed by atoms with Gasteiger partial charge in [0.25, 0.3) is 0 Å². The van der Waals surface area contributed by atoms with Gasteiger partial charge in [0.1, 0.15) is 0 Å². The number of hydrogen-bond donors (Lipinski definition) is 2. The highest BCUT2D eigenvalue weighted by Gasteiger charge is 2.32. The molecular weight excluding hydrogens is 248 g/mol. The summed E-state index contributed by atoms with van der Waals surface area (Å²) in [7, 11) is 0. The van der Waals surface area contributed by atoms with E-state index in [4.69, 9.17) is 10.2 Å². The predicted molar refractivity (Wildman–Crippen MR) is 70.4 cm³/mol. The molecule has 1 rings (SSSR count). The second kappa shape index (κ2) is 8.12. The summed E-state index contributed by atoms with van der Waals surface area (Å²) >= 11 is 0. The van der Waals surface area contributed by atoms with E-state index in [-0.39, 0.29) is 25.8 Å². The van der Waals surface area contributed by atoms with Crippen LogP contribution in [0.3, 0.4) is 0 Å². The van der Waals surface area contributed by atoms with Crippen LogP contribution >= 0.6 is 0 Å². The number of aliphatic hydroxyl groups is 2. The molecule has 2 N–H and O–H groups in total. The lowest BCUT2D eigenvalue weighted by Crippen LogP contribution is -2.51. The number of amides is 2. The number of nitrogens with zero attached hydrogens (tertiary/aromatic N) is 2. The number of hydrogen-bond acceptors (Lipinski definition) is 4. The van der Waals surface area contributed by atoms with Gasteiger partial charge >= 0.3 is 11.8 Å². The predicted octanol–water partition coefficient (Wildman–Crippen LogP) is -0.409. The third-order valence-corrected chi connectivity index (χ3v) is 3.57. The lowest BCUT2D eigenvalue weighted by atomic mass is 9.99. The molecule has 0 saturated carbocycles. The van der Waals surface area contributed by atoms with Crippen molar-refractivity contribution in [1.82, 2.24) is 9.80 Å². The minimum absolute atomic E-state index is 0.0246. The van der Waals surface area contributed by atoms with Crippen molar-refractivity contribution in [1.29, 1.82) is 0 Å². The normalized spacial score (nSPS) is 19.3. The number of carbonyl (C=O) groups is 2. The van der Waals surface area contributed by atoms with Crippen LogP contribution in [-0.4, -0.2) is 70.7 Å². The fourth-order valence-corrected chi connectivity index (χ4v) is 2.50. The Morgan fingerprint density at radius 1 is 1.26 bits per heavy atom. The molecule has 1 heterocycles. The molecule has 2 amide bonds. The van der Waals surface area contributed by atoms with E-state index in [2.05, 4.69) is 0 Å². The highest BCUT2D eigenvalue weighted by molar-refractivity contribution is 6.35. The van der Waals surface area contributed by atoms with Gasteiger partial charge in [-0.1, -0.05) is 0 Å². The Kier molecular flexibility index (Phi) is 6.80. The fraction of sp³-hybridized carbons (Fsp3) is 0.846. The van der Waals surface area contributed by atoms with E-state index in [1.165, 1.54) is 4.90 Å². The van der Waals surface area contributed by atoms with Crippen molar-refractivity contribution in [2.75, 3.05) is 32.8 Å². The zero-order valence-corrected chi connectivity index (χ0v) is 11.5. The number of carbonyl (C=O) groups excluding carboxylic acids is 2. The van der Waals surface area contributed by atoms with Gasteiger partial charge in [0.05, 0.1) is 6.61 Å². The SMILES string of the molecule is CCN(CCO)C(=O)C(=O)N1CCCCC1CCO. The summed E-state index contributed by atoms with van der Waals surface area (Å²) in [6.07, 6.45) is 3.28. The summed E-state index contributed by atoms with van der Waals surface area (Å²) in [5.41, 5.74) is 0. The molecule has 0 aromatic heterocycles. The molecule has 110 valence electrons. The van der Waals surface area contributed by atoms with E-state index in [9.17, 15) is 9.59 Å². The van der Waals surface area contributed by atoms with Gasteiger partial charge in [-0.05, 0) is 32.6 Å². The quantitative estimate of drug-likeness (QED) is 0.667. The molecule has 1 atom stereocenters. The summed E-state index contributed by atoms with van der Waals surface area (Å²) in [5.74, 6) is -1.06. The van der Waals surface area contributed by atoms with Crippen molar-refractivity contribution in [3.05, 3.63) is 0 Å². The Labute approximate surface area is 114 Å². The highest BCUT2D eigenvalue weighted by Crippen LogP contribution is 2.20. The van der Waals surface area contributed by atoms with E-state index < -0.39 is 11.8 Å². The first-order valence-electron chi connectivity index (χ1n) is 6.97. The van der Waals surface area contributed by atoms with Crippen molar-refractivity contribution in [2.45, 2.75) is 38.6 Å². The number of likely N-dealkylation sites (N-methyl/N-ethyl adjacent to an activating group) is 1. The minimum Gasteiger partial charge on any atom is -0.396 e. The average Bonchev–Trinajstić information content (AvgIpc) is 2.44. The standard InChI is InChI=1S/C13H24N2O4/c1-2-14(8-10-17)12(18)13(19)15-7-4-3-5-11(15)6-9-16/h11,16-17H,2-10H2,1H3. The van der Waals surface area contributed by atoms with Crippen LogP contribution < -0.4 is 0 Å². The first-order valence-corrected chi connectivity index (χ1v) is 6.97. The first kappa shape index (κ1) is 15.9. The topological polar surface area (TPSA) is 81.1 Å². The molecule has 1 fully saturated rings. The molecule has 19 heavy (non-hydrogen) atoms. The van der Waals surface area contributed by atoms with Crippen LogP contribution in [0.25, 0.3) is 0 Å². The maximum Gasteiger partial charge on any atom is 0.312 e. The van der Waals surface area contributed by atoms with Gasteiger partial charge in [-0.2, -0.15) is 0 Å². The molecular formula is C13H24N2O4. The van der Waals surface area contributed by atoms with Gasteiger partial charge in [0.15, 0.2) is 0 Å². The van der Waals surface area contributed by atoms with E-state index in [0.717, 1.165) is 19.3 Å². The lowest BCUT2D eigenvalue weighted by molar-refractivity contribution is -0.154. The van der Waals surface area contributed by atoms with Gasteiger partial charge in [-0.25, -0.2) is 0 Å². The van der Waals surface area contributed by atoms with Crippen LogP contribution in [0.1, 0.15) is 32.6 Å². The molecule has 0 aliphatic carbocycles. The molecule has 0 bridgehead atoms. The van der Waals surface area contributed by atoms with Gasteiger partial charge in [0, 0.05) is 32.3 Å². The smallest absolute Gasteiger partial charge is 0.312 e. The number of rotatable bonds is 5. The Bertz CT molecular complexity index is 307. The van der Waals surface area contributed by atoms with Crippen molar-refractivity contribution in [3.63, 3.8) is 0 Å². The molecule has 1 saturated heterocycles. The van der Waals surface area contributed by atoms with Crippen molar-refractivity contribution in [3.8, 4) is 0 Å². The zero-order valence-electron chi connectivity index (χ0n) is 11.5. The second-order valence-electron chi connectivity index (χ2n) is 4.77. The maximum absolute atomic E-state index is 12.2. The summed E-state index contributed by atoms with van der Waals surface area (Å²) in [4.78, 5) is 27.2. The van der Waals surface area contributed by atoms with E-state index in [1.807, 2.05) is 0 Å². The molecule has 6 nitrogen and oxygen atoms in total. The summed E-state index contributed by atoms with van der Waals surface area (Å²) in [6, 6.07) is -0.0389. The van der Waals surface area contributed by atoms with Crippen molar-refractivity contribution in [2.24, 2.45) is 0 Å². The number of aliphatic hydroxyl groups excluding tert-OH is 2. The van der Waals surface area contributed by atoms with Crippen molar-refractivity contribution < 1.29 is 19.8 Å². The van der Waals surface area contributed by atoms with Gasteiger partial charge in [-0.3, -0.25) is 9.59 Å². The van der Waals surface area contributed by atoms with Crippen LogP contribution in [0.4, 0.5) is 0 Å². The number of likely N-dealkylation sites (tertiary alicyclic amines) is 1. The molecule has 0 aromatic carbocycles. The Morgan fingerprint density at radius 2 is 2.00 bits per heavy atom. The third-order valence-electron chi connectivity index (χ3n) is 3.57. The van der Waals surface area contributed by atoms with Crippen LogP contribution in [-0.2, 0) is 9.59 Å². The summed E-state index contributed by atoms with van der Waals surface area (Å²) in [5, 5.41) is 17.9. The average molecular weight is 272 g/mol.